The zero-order valence-electron chi connectivity index (χ0n) is 39.8. The van der Waals surface area contributed by atoms with Crippen LogP contribution in [0, 0.1) is 0 Å². The van der Waals surface area contributed by atoms with Gasteiger partial charge in [-0.05, 0) is 46.2 Å². The van der Waals surface area contributed by atoms with Crippen molar-refractivity contribution < 1.29 is 9.05 Å². The second-order valence-electron chi connectivity index (χ2n) is 17.8. The molecule has 0 N–H and O–H groups in total. The van der Waals surface area contributed by atoms with Crippen LogP contribution in [0.5, 0.6) is 0 Å². The predicted octanol–water partition coefficient (Wildman–Crippen LogP) is 13.0. The Labute approximate surface area is 418 Å². The zero-order chi connectivity index (χ0) is 47.4. The number of hydrogen-bond donors (Lipinski definition) is 0. The van der Waals surface area contributed by atoms with Crippen molar-refractivity contribution in [1.29, 1.82) is 0 Å². The van der Waals surface area contributed by atoms with Crippen molar-refractivity contribution in [2.75, 3.05) is 13.2 Å². The summed E-state index contributed by atoms with van der Waals surface area (Å²) in [5.41, 5.74) is 7.75. The van der Waals surface area contributed by atoms with Gasteiger partial charge in [0, 0.05) is 59.5 Å². The SMILES string of the molecule is c1ccc(C[C@H](COP(c2ccccc2)c2ccccc2)N(Cc2ccccc2)Cc2cccc(CN(Cc3ccccc3)[C@@H](COP(c3ccccc3)c3ccccc3)Cc3ccccc3)c2)cc1. The summed E-state index contributed by atoms with van der Waals surface area (Å²) < 4.78 is 14.4. The molecule has 0 fully saturated rings. The van der Waals surface area contributed by atoms with Crippen molar-refractivity contribution in [3.05, 3.63) is 300 Å². The summed E-state index contributed by atoms with van der Waals surface area (Å²) in [5, 5.41) is 4.88. The molecule has 0 amide bonds. The Bertz CT molecular complexity index is 2570. The molecule has 0 unspecified atom stereocenters. The Morgan fingerprint density at radius 3 is 0.814 bits per heavy atom. The van der Waals surface area contributed by atoms with E-state index in [1.807, 2.05) is 0 Å². The molecule has 9 aromatic rings. The van der Waals surface area contributed by atoms with Gasteiger partial charge < -0.3 is 9.05 Å². The normalized spacial score (nSPS) is 12.4. The van der Waals surface area contributed by atoms with Crippen LogP contribution in [0.2, 0.25) is 0 Å². The molecule has 9 rings (SSSR count). The minimum Gasteiger partial charge on any atom is -0.348 e. The van der Waals surface area contributed by atoms with Gasteiger partial charge in [0.1, 0.15) is 0 Å². The molecule has 6 heteroatoms. The molecule has 0 aliphatic rings. The number of nitrogens with zero attached hydrogens (tertiary/aromatic N) is 2. The third kappa shape index (κ3) is 14.4. The van der Waals surface area contributed by atoms with Crippen LogP contribution in [0.25, 0.3) is 0 Å². The van der Waals surface area contributed by atoms with E-state index in [1.54, 1.807) is 0 Å². The highest BCUT2D eigenvalue weighted by atomic mass is 31.1. The van der Waals surface area contributed by atoms with Gasteiger partial charge in [-0.1, -0.05) is 267 Å². The first kappa shape index (κ1) is 48.7. The molecule has 70 heavy (non-hydrogen) atoms. The predicted molar refractivity (Wildman–Crippen MR) is 296 cm³/mol. The summed E-state index contributed by atoms with van der Waals surface area (Å²) in [6.07, 6.45) is 1.72. The maximum Gasteiger partial charge on any atom is 0.0918 e. The molecule has 2 atom stereocenters. The van der Waals surface area contributed by atoms with Gasteiger partial charge >= 0.3 is 0 Å². The minimum absolute atomic E-state index is 0.0924. The third-order valence-corrected chi connectivity index (χ3v) is 16.5. The Kier molecular flexibility index (Phi) is 18.1. The van der Waals surface area contributed by atoms with E-state index in [9.17, 15) is 0 Å². The van der Waals surface area contributed by atoms with Crippen LogP contribution < -0.4 is 21.2 Å². The van der Waals surface area contributed by atoms with Gasteiger partial charge in [-0.3, -0.25) is 9.80 Å². The number of rotatable bonds is 24. The van der Waals surface area contributed by atoms with E-state index in [1.165, 1.54) is 54.6 Å². The monoisotopic (exact) mass is 952 g/mol. The minimum atomic E-state index is -1.04. The summed E-state index contributed by atoms with van der Waals surface area (Å²) in [6.45, 7) is 4.29. The Hall–Kier alpha value is -6.32. The van der Waals surface area contributed by atoms with Gasteiger partial charge in [0.15, 0.2) is 0 Å². The average Bonchev–Trinajstić information content (AvgIpc) is 3.42. The number of hydrogen-bond acceptors (Lipinski definition) is 4. The third-order valence-electron chi connectivity index (χ3n) is 12.6. The van der Waals surface area contributed by atoms with E-state index >= 15 is 0 Å². The lowest BCUT2D eigenvalue weighted by molar-refractivity contribution is 0.125. The molecule has 0 saturated carbocycles. The topological polar surface area (TPSA) is 24.9 Å². The van der Waals surface area contributed by atoms with E-state index in [-0.39, 0.29) is 12.1 Å². The highest BCUT2D eigenvalue weighted by molar-refractivity contribution is 7.68. The first-order valence-electron chi connectivity index (χ1n) is 24.5. The molecule has 9 aromatic carbocycles. The molecule has 0 bridgehead atoms. The second kappa shape index (κ2) is 26.0. The van der Waals surface area contributed by atoms with E-state index in [2.05, 4.69) is 277 Å². The molecular weight excluding hydrogens is 891 g/mol. The molecule has 350 valence electrons. The fraction of sp³-hybridized carbons (Fsp3) is 0.156. The number of benzene rings is 9. The Balaban J connectivity index is 1.03. The van der Waals surface area contributed by atoms with Crippen LogP contribution in [-0.2, 0) is 48.1 Å². The highest BCUT2D eigenvalue weighted by Crippen LogP contribution is 2.37. The molecule has 0 spiro atoms. The summed E-state index contributed by atoms with van der Waals surface area (Å²) in [7, 11) is -2.08. The van der Waals surface area contributed by atoms with Crippen LogP contribution >= 0.6 is 16.3 Å². The summed E-state index contributed by atoms with van der Waals surface area (Å²) in [5.74, 6) is 0. The van der Waals surface area contributed by atoms with Gasteiger partial charge in [-0.15, -0.1) is 0 Å². The van der Waals surface area contributed by atoms with Gasteiger partial charge in [0.25, 0.3) is 0 Å². The zero-order valence-corrected chi connectivity index (χ0v) is 41.6. The van der Waals surface area contributed by atoms with Crippen LogP contribution in [0.15, 0.2) is 267 Å². The molecule has 0 aliphatic heterocycles. The van der Waals surface area contributed by atoms with Crippen molar-refractivity contribution in [1.82, 2.24) is 9.80 Å². The maximum atomic E-state index is 7.22. The first-order valence-corrected chi connectivity index (χ1v) is 27.0. The lowest BCUT2D eigenvalue weighted by Crippen LogP contribution is -2.40. The van der Waals surface area contributed by atoms with E-state index in [0.717, 1.165) is 39.0 Å². The summed E-state index contributed by atoms with van der Waals surface area (Å²) >= 11 is 0. The van der Waals surface area contributed by atoms with Crippen LogP contribution in [0.1, 0.15) is 33.4 Å². The molecule has 0 saturated heterocycles. The molecule has 0 aromatic heterocycles. The average molecular weight is 953 g/mol. The first-order chi connectivity index (χ1) is 34.7. The molecule has 4 nitrogen and oxygen atoms in total. The largest absolute Gasteiger partial charge is 0.348 e. The quantitative estimate of drug-likeness (QED) is 0.0564. The van der Waals surface area contributed by atoms with Crippen LogP contribution in [-0.4, -0.2) is 35.1 Å². The van der Waals surface area contributed by atoms with E-state index in [0.29, 0.717) is 13.2 Å². The van der Waals surface area contributed by atoms with Crippen molar-refractivity contribution in [2.45, 2.75) is 51.1 Å². The maximum absolute atomic E-state index is 7.22. The Morgan fingerprint density at radius 1 is 0.271 bits per heavy atom. The van der Waals surface area contributed by atoms with Crippen molar-refractivity contribution in [3.63, 3.8) is 0 Å². The van der Waals surface area contributed by atoms with Gasteiger partial charge in [0.05, 0.1) is 29.5 Å². The van der Waals surface area contributed by atoms with E-state index in [4.69, 9.17) is 9.05 Å². The second-order valence-corrected chi connectivity index (χ2v) is 21.6. The standard InChI is InChI=1S/C64H62N2O2P2/c1-9-26-53(27-10-1)45-59(51-67-69(61-36-17-5-18-37-61)62-38-19-6-20-39-62)65(47-55-30-13-3-14-31-55)49-57-34-25-35-58(44-57)50-66(48-56-32-15-4-16-33-56)60(46-54-28-11-2-12-29-54)52-68-70(63-40-21-7-22-41-63)64-42-23-8-24-43-64/h1-44,59-60H,45-52H2/t59-,60-/m1/s1. The van der Waals surface area contributed by atoms with E-state index < -0.39 is 16.3 Å². The fourth-order valence-corrected chi connectivity index (χ4v) is 12.7. The lowest BCUT2D eigenvalue weighted by Gasteiger charge is -2.34. The molecular formula is C64H62N2O2P2. The molecule has 0 heterocycles. The Morgan fingerprint density at radius 2 is 0.514 bits per heavy atom. The summed E-state index contributed by atoms with van der Waals surface area (Å²) in [6, 6.07) is 96.2. The van der Waals surface area contributed by atoms with Crippen LogP contribution in [0.3, 0.4) is 0 Å². The summed E-state index contributed by atoms with van der Waals surface area (Å²) in [4.78, 5) is 5.29. The van der Waals surface area contributed by atoms with Gasteiger partial charge in [0.2, 0.25) is 0 Å². The highest BCUT2D eigenvalue weighted by Gasteiger charge is 2.26. The van der Waals surface area contributed by atoms with Crippen LogP contribution in [0.4, 0.5) is 0 Å². The molecule has 0 aliphatic carbocycles. The van der Waals surface area contributed by atoms with Gasteiger partial charge in [-0.25, -0.2) is 0 Å². The smallest absolute Gasteiger partial charge is 0.0918 e. The van der Waals surface area contributed by atoms with Crippen molar-refractivity contribution in [3.8, 4) is 0 Å². The lowest BCUT2D eigenvalue weighted by atomic mass is 10.0. The van der Waals surface area contributed by atoms with Crippen molar-refractivity contribution >= 4 is 37.5 Å². The fourth-order valence-electron chi connectivity index (χ4n) is 9.09. The molecule has 0 radical (unpaired) electrons. The van der Waals surface area contributed by atoms with Gasteiger partial charge in [-0.2, -0.15) is 0 Å². The van der Waals surface area contributed by atoms with Crippen molar-refractivity contribution in [2.24, 2.45) is 0 Å².